The van der Waals surface area contributed by atoms with E-state index in [9.17, 15) is 9.59 Å². The number of rotatable bonds is 5. The molecule has 25 heavy (non-hydrogen) atoms. The number of carbonyl (C=O) groups is 2. The van der Waals surface area contributed by atoms with Crippen LogP contribution in [0.15, 0.2) is 54.6 Å². The third-order valence-corrected chi connectivity index (χ3v) is 4.44. The van der Waals surface area contributed by atoms with Gasteiger partial charge in [-0.05, 0) is 29.8 Å². The van der Waals surface area contributed by atoms with Crippen LogP contribution >= 0.6 is 11.6 Å². The minimum atomic E-state index is -0.236. The van der Waals surface area contributed by atoms with Crippen molar-refractivity contribution in [1.29, 1.82) is 0 Å². The monoisotopic (exact) mass is 357 g/mol. The van der Waals surface area contributed by atoms with Gasteiger partial charge in [0.2, 0.25) is 5.91 Å². The average molecular weight is 358 g/mol. The predicted molar refractivity (Wildman–Crippen MR) is 98.6 cm³/mol. The molecule has 0 unspecified atom stereocenters. The number of para-hydroxylation sites is 1. The van der Waals surface area contributed by atoms with E-state index in [0.29, 0.717) is 31.1 Å². The van der Waals surface area contributed by atoms with E-state index in [0.717, 1.165) is 11.3 Å². The molecule has 6 heteroatoms. The summed E-state index contributed by atoms with van der Waals surface area (Å²) in [6.45, 7) is 1.53. The molecule has 1 aliphatic heterocycles. The minimum Gasteiger partial charge on any atom is -0.338 e. The second kappa shape index (κ2) is 8.03. The highest BCUT2D eigenvalue weighted by molar-refractivity contribution is 6.30. The van der Waals surface area contributed by atoms with Gasteiger partial charge in [0.1, 0.15) is 0 Å². The van der Waals surface area contributed by atoms with Crippen LogP contribution in [0.1, 0.15) is 12.0 Å². The maximum absolute atomic E-state index is 12.2. The molecule has 1 fully saturated rings. The lowest BCUT2D eigenvalue weighted by Crippen LogP contribution is -2.38. The number of nitrogens with zero attached hydrogens (tertiary/aromatic N) is 1. The summed E-state index contributed by atoms with van der Waals surface area (Å²) in [5.74, 6) is 0.216. The molecular weight excluding hydrogens is 338 g/mol. The lowest BCUT2D eigenvalue weighted by Gasteiger charge is -2.17. The standard InChI is InChI=1S/C19H20ClN3O2/c20-16-8-6-14(7-9-16)11-21-19(25)22-12-15-10-18(24)23(13-15)17-4-2-1-3-5-17/h1-9,15H,10-13H2,(H2,21,22,25)/t15-/m0/s1. The first-order valence-corrected chi connectivity index (χ1v) is 8.61. The van der Waals surface area contributed by atoms with Gasteiger partial charge in [0.05, 0.1) is 0 Å². The van der Waals surface area contributed by atoms with Crippen molar-refractivity contribution in [2.24, 2.45) is 5.92 Å². The summed E-state index contributed by atoms with van der Waals surface area (Å²) >= 11 is 5.83. The van der Waals surface area contributed by atoms with Crippen molar-refractivity contribution in [3.8, 4) is 0 Å². The third-order valence-electron chi connectivity index (χ3n) is 4.19. The van der Waals surface area contributed by atoms with Gasteiger partial charge in [-0.1, -0.05) is 41.9 Å². The molecule has 1 saturated heterocycles. The van der Waals surface area contributed by atoms with Crippen molar-refractivity contribution in [3.63, 3.8) is 0 Å². The first-order chi connectivity index (χ1) is 12.1. The topological polar surface area (TPSA) is 61.4 Å². The maximum atomic E-state index is 12.2. The molecule has 2 N–H and O–H groups in total. The molecular formula is C19H20ClN3O2. The summed E-state index contributed by atoms with van der Waals surface area (Å²) in [6.07, 6.45) is 0.451. The Kier molecular flexibility index (Phi) is 5.56. The van der Waals surface area contributed by atoms with Gasteiger partial charge in [-0.2, -0.15) is 0 Å². The van der Waals surface area contributed by atoms with Crippen molar-refractivity contribution >= 4 is 29.2 Å². The van der Waals surface area contributed by atoms with Crippen LogP contribution in [0.5, 0.6) is 0 Å². The molecule has 0 aromatic heterocycles. The molecule has 1 atom stereocenters. The average Bonchev–Trinajstić information content (AvgIpc) is 3.01. The molecule has 2 aromatic carbocycles. The van der Waals surface area contributed by atoms with E-state index in [1.807, 2.05) is 42.5 Å². The fraction of sp³-hybridized carbons (Fsp3) is 0.263. The molecule has 0 radical (unpaired) electrons. The second-order valence-electron chi connectivity index (χ2n) is 6.10. The zero-order valence-corrected chi connectivity index (χ0v) is 14.5. The Hall–Kier alpha value is -2.53. The lowest BCUT2D eigenvalue weighted by atomic mass is 10.1. The van der Waals surface area contributed by atoms with Crippen molar-refractivity contribution in [3.05, 3.63) is 65.2 Å². The number of benzene rings is 2. The highest BCUT2D eigenvalue weighted by Gasteiger charge is 2.30. The van der Waals surface area contributed by atoms with Crippen LogP contribution < -0.4 is 15.5 Å². The number of urea groups is 1. The molecule has 130 valence electrons. The van der Waals surface area contributed by atoms with Gasteiger partial charge in [-0.15, -0.1) is 0 Å². The van der Waals surface area contributed by atoms with E-state index < -0.39 is 0 Å². The highest BCUT2D eigenvalue weighted by atomic mass is 35.5. The summed E-state index contributed by atoms with van der Waals surface area (Å²) in [7, 11) is 0. The van der Waals surface area contributed by atoms with Gasteiger partial charge in [0, 0.05) is 42.7 Å². The van der Waals surface area contributed by atoms with Gasteiger partial charge in [-0.3, -0.25) is 4.79 Å². The summed E-state index contributed by atoms with van der Waals surface area (Å²) in [6, 6.07) is 16.7. The zero-order valence-electron chi connectivity index (χ0n) is 13.7. The van der Waals surface area contributed by atoms with Crippen molar-refractivity contribution in [2.45, 2.75) is 13.0 Å². The Balaban J connectivity index is 1.43. The van der Waals surface area contributed by atoms with Crippen LogP contribution in [0.2, 0.25) is 5.02 Å². The summed E-state index contributed by atoms with van der Waals surface area (Å²) in [5.41, 5.74) is 1.88. The molecule has 1 aliphatic rings. The van der Waals surface area contributed by atoms with Gasteiger partial charge in [0.15, 0.2) is 0 Å². The number of amides is 3. The molecule has 5 nitrogen and oxygen atoms in total. The second-order valence-corrected chi connectivity index (χ2v) is 6.54. The van der Waals surface area contributed by atoms with E-state index in [1.54, 1.807) is 17.0 Å². The van der Waals surface area contributed by atoms with Crippen LogP contribution in [0.4, 0.5) is 10.5 Å². The van der Waals surface area contributed by atoms with Crippen molar-refractivity contribution < 1.29 is 9.59 Å². The SMILES string of the molecule is O=C(NCc1ccc(Cl)cc1)NC[C@@H]1CC(=O)N(c2ccccc2)C1. The van der Waals surface area contributed by atoms with E-state index >= 15 is 0 Å². The minimum absolute atomic E-state index is 0.0968. The number of halogens is 1. The molecule has 0 aliphatic carbocycles. The number of hydrogen-bond acceptors (Lipinski definition) is 2. The molecule has 3 rings (SSSR count). The lowest BCUT2D eigenvalue weighted by molar-refractivity contribution is -0.117. The first kappa shape index (κ1) is 17.3. The molecule has 2 aromatic rings. The zero-order chi connectivity index (χ0) is 17.6. The van der Waals surface area contributed by atoms with Crippen LogP contribution in [-0.4, -0.2) is 25.0 Å². The van der Waals surface area contributed by atoms with Gasteiger partial charge in [0.25, 0.3) is 0 Å². The molecule has 1 heterocycles. The van der Waals surface area contributed by atoms with E-state index in [1.165, 1.54) is 0 Å². The summed E-state index contributed by atoms with van der Waals surface area (Å²) in [4.78, 5) is 25.9. The normalized spacial score (nSPS) is 16.8. The van der Waals surface area contributed by atoms with E-state index in [4.69, 9.17) is 11.6 Å². The first-order valence-electron chi connectivity index (χ1n) is 8.23. The third kappa shape index (κ3) is 4.73. The quantitative estimate of drug-likeness (QED) is 0.863. The number of carbonyl (C=O) groups excluding carboxylic acids is 2. The predicted octanol–water partition coefficient (Wildman–Crippen LogP) is 3.19. The highest BCUT2D eigenvalue weighted by Crippen LogP contribution is 2.24. The van der Waals surface area contributed by atoms with Gasteiger partial charge in [-0.25, -0.2) is 4.79 Å². The Morgan fingerprint density at radius 2 is 1.80 bits per heavy atom. The number of nitrogens with one attached hydrogen (secondary N) is 2. The molecule has 0 spiro atoms. The van der Waals surface area contributed by atoms with Crippen LogP contribution in [-0.2, 0) is 11.3 Å². The summed E-state index contributed by atoms with van der Waals surface area (Å²) in [5, 5.41) is 6.32. The smallest absolute Gasteiger partial charge is 0.315 e. The maximum Gasteiger partial charge on any atom is 0.315 e. The molecule has 0 bridgehead atoms. The Morgan fingerprint density at radius 1 is 1.08 bits per heavy atom. The fourth-order valence-corrected chi connectivity index (χ4v) is 2.99. The largest absolute Gasteiger partial charge is 0.338 e. The van der Waals surface area contributed by atoms with Crippen LogP contribution in [0, 0.1) is 5.92 Å². The van der Waals surface area contributed by atoms with E-state index in [2.05, 4.69) is 10.6 Å². The van der Waals surface area contributed by atoms with Gasteiger partial charge < -0.3 is 15.5 Å². The van der Waals surface area contributed by atoms with Crippen LogP contribution in [0.3, 0.4) is 0 Å². The Morgan fingerprint density at radius 3 is 2.52 bits per heavy atom. The molecule has 3 amide bonds. The number of anilines is 1. The van der Waals surface area contributed by atoms with Crippen LogP contribution in [0.25, 0.3) is 0 Å². The Bertz CT molecular complexity index is 734. The number of hydrogen-bond donors (Lipinski definition) is 2. The fourth-order valence-electron chi connectivity index (χ4n) is 2.86. The van der Waals surface area contributed by atoms with E-state index in [-0.39, 0.29) is 17.9 Å². The Labute approximate surface area is 152 Å². The van der Waals surface area contributed by atoms with Crippen molar-refractivity contribution in [1.82, 2.24) is 10.6 Å². The molecule has 0 saturated carbocycles. The summed E-state index contributed by atoms with van der Waals surface area (Å²) < 4.78 is 0. The van der Waals surface area contributed by atoms with Gasteiger partial charge >= 0.3 is 6.03 Å². The van der Waals surface area contributed by atoms with Crippen molar-refractivity contribution in [2.75, 3.05) is 18.0 Å².